The lowest BCUT2D eigenvalue weighted by molar-refractivity contribution is -0.137. The second-order valence-corrected chi connectivity index (χ2v) is 7.94. The minimum atomic E-state index is -0.0167. The number of nitrogens with zero attached hydrogens (tertiary/aromatic N) is 3. The van der Waals surface area contributed by atoms with Crippen LogP contribution in [-0.2, 0) is 24.2 Å². The Balaban J connectivity index is 1.52. The molecular formula is C19H28N4O2. The number of carbonyl (C=O) groups excluding carboxylic acids is 1. The van der Waals surface area contributed by atoms with Gasteiger partial charge in [-0.25, -0.2) is 4.98 Å². The zero-order valence-corrected chi connectivity index (χ0v) is 15.1. The average molecular weight is 344 g/mol. The van der Waals surface area contributed by atoms with E-state index in [9.17, 15) is 9.59 Å². The van der Waals surface area contributed by atoms with Crippen LogP contribution in [0.25, 0.3) is 0 Å². The molecule has 3 aliphatic rings. The van der Waals surface area contributed by atoms with E-state index in [1.165, 1.54) is 25.7 Å². The van der Waals surface area contributed by atoms with Gasteiger partial charge in [0.2, 0.25) is 5.91 Å². The summed E-state index contributed by atoms with van der Waals surface area (Å²) in [5, 5.41) is 0. The van der Waals surface area contributed by atoms with Gasteiger partial charge in [0.1, 0.15) is 5.82 Å². The molecule has 0 spiro atoms. The zero-order chi connectivity index (χ0) is 17.4. The zero-order valence-electron chi connectivity index (χ0n) is 15.1. The van der Waals surface area contributed by atoms with Crippen molar-refractivity contribution in [2.75, 3.05) is 20.1 Å². The number of nitrogens with one attached hydrogen (secondary N) is 1. The van der Waals surface area contributed by atoms with Crippen molar-refractivity contribution in [2.45, 2.75) is 64.0 Å². The molecule has 1 saturated heterocycles. The first kappa shape index (κ1) is 16.8. The van der Waals surface area contributed by atoms with Crippen molar-refractivity contribution in [1.29, 1.82) is 0 Å². The normalized spacial score (nSPS) is 24.7. The van der Waals surface area contributed by atoms with Crippen molar-refractivity contribution in [2.24, 2.45) is 5.92 Å². The molecule has 1 unspecified atom stereocenters. The number of aromatic amines is 1. The van der Waals surface area contributed by atoms with E-state index in [2.05, 4.69) is 16.9 Å². The Hall–Kier alpha value is -1.69. The van der Waals surface area contributed by atoms with E-state index in [4.69, 9.17) is 4.98 Å². The number of rotatable bonds is 3. The summed E-state index contributed by atoms with van der Waals surface area (Å²) in [4.78, 5) is 37.2. The fourth-order valence-corrected chi connectivity index (χ4v) is 4.15. The molecule has 6 heteroatoms. The number of hydrogen-bond acceptors (Lipinski definition) is 4. The Labute approximate surface area is 148 Å². The smallest absolute Gasteiger partial charge is 0.254 e. The van der Waals surface area contributed by atoms with Crippen molar-refractivity contribution in [1.82, 2.24) is 19.8 Å². The van der Waals surface area contributed by atoms with Crippen molar-refractivity contribution in [3.63, 3.8) is 0 Å². The maximum absolute atomic E-state index is 13.1. The molecule has 136 valence electrons. The number of amides is 1. The molecule has 1 atom stereocenters. The lowest BCUT2D eigenvalue weighted by Gasteiger charge is -2.33. The highest BCUT2D eigenvalue weighted by atomic mass is 16.2. The maximum atomic E-state index is 13.1. The molecule has 0 aromatic carbocycles. The number of likely N-dealkylation sites (N-methyl/N-ethyl adjacent to an activating group) is 1. The number of fused-ring (bicyclic) bond motifs is 1. The molecule has 1 amide bonds. The third-order valence-electron chi connectivity index (χ3n) is 5.92. The molecule has 0 radical (unpaired) electrons. The fraction of sp³-hybridized carbons (Fsp3) is 0.737. The second kappa shape index (κ2) is 6.90. The highest BCUT2D eigenvalue weighted by Crippen LogP contribution is 2.31. The van der Waals surface area contributed by atoms with E-state index in [1.807, 2.05) is 4.90 Å². The third kappa shape index (κ3) is 3.64. The van der Waals surface area contributed by atoms with Gasteiger partial charge in [0, 0.05) is 18.5 Å². The Bertz CT molecular complexity index is 710. The maximum Gasteiger partial charge on any atom is 0.254 e. The Morgan fingerprint density at radius 3 is 2.84 bits per heavy atom. The first-order valence-electron chi connectivity index (χ1n) is 9.72. The van der Waals surface area contributed by atoms with Crippen molar-refractivity contribution < 1.29 is 4.79 Å². The Morgan fingerprint density at radius 2 is 2.04 bits per heavy atom. The van der Waals surface area contributed by atoms with Crippen LogP contribution >= 0.6 is 0 Å². The second-order valence-electron chi connectivity index (χ2n) is 7.94. The van der Waals surface area contributed by atoms with Gasteiger partial charge in [0.25, 0.3) is 5.56 Å². The SMILES string of the molecule is CN1CCCCCC1C(=O)N1CCc2c(nc(CC3CC3)[nH]c2=O)C1. The van der Waals surface area contributed by atoms with E-state index < -0.39 is 0 Å². The summed E-state index contributed by atoms with van der Waals surface area (Å²) in [5.74, 6) is 1.69. The summed E-state index contributed by atoms with van der Waals surface area (Å²) in [6, 6.07) is -0.0167. The molecule has 3 heterocycles. The lowest BCUT2D eigenvalue weighted by Crippen LogP contribution is -2.49. The number of aromatic nitrogens is 2. The van der Waals surface area contributed by atoms with Crippen LogP contribution in [0.2, 0.25) is 0 Å². The molecule has 1 saturated carbocycles. The van der Waals surface area contributed by atoms with Gasteiger partial charge < -0.3 is 9.88 Å². The molecule has 2 fully saturated rings. The Morgan fingerprint density at radius 1 is 1.20 bits per heavy atom. The molecule has 4 rings (SSSR count). The van der Waals surface area contributed by atoms with Crippen LogP contribution in [0.4, 0.5) is 0 Å². The summed E-state index contributed by atoms with van der Waals surface area (Å²) >= 11 is 0. The van der Waals surface area contributed by atoms with Gasteiger partial charge in [-0.2, -0.15) is 0 Å². The largest absolute Gasteiger partial charge is 0.335 e. The molecule has 1 aromatic rings. The lowest BCUT2D eigenvalue weighted by atomic mass is 10.0. The number of likely N-dealkylation sites (tertiary alicyclic amines) is 1. The van der Waals surface area contributed by atoms with Crippen LogP contribution in [0.1, 0.15) is 55.6 Å². The van der Waals surface area contributed by atoms with Crippen molar-refractivity contribution in [3.05, 3.63) is 27.4 Å². The van der Waals surface area contributed by atoms with Gasteiger partial charge in [-0.1, -0.05) is 12.8 Å². The fourth-order valence-electron chi connectivity index (χ4n) is 4.15. The number of carbonyl (C=O) groups is 1. The van der Waals surface area contributed by atoms with E-state index in [1.54, 1.807) is 0 Å². The molecule has 0 bridgehead atoms. The highest BCUT2D eigenvalue weighted by Gasteiger charge is 2.32. The van der Waals surface area contributed by atoms with E-state index in [0.717, 1.165) is 42.9 Å². The van der Waals surface area contributed by atoms with Gasteiger partial charge in [-0.05, 0) is 51.6 Å². The predicted molar refractivity (Wildman–Crippen MR) is 95.3 cm³/mol. The molecule has 1 aromatic heterocycles. The van der Waals surface area contributed by atoms with Gasteiger partial charge in [-0.15, -0.1) is 0 Å². The average Bonchev–Trinajstić information content (AvgIpc) is 3.42. The standard InChI is InChI=1S/C19H28N4O2/c1-22-9-4-2-3-5-16(22)19(25)23-10-8-14-15(12-23)20-17(21-18(14)24)11-13-6-7-13/h13,16H,2-12H2,1H3,(H,20,21,24). The van der Waals surface area contributed by atoms with E-state index >= 15 is 0 Å². The third-order valence-corrected chi connectivity index (χ3v) is 5.92. The van der Waals surface area contributed by atoms with Crippen molar-refractivity contribution >= 4 is 5.91 Å². The first-order valence-corrected chi connectivity index (χ1v) is 9.72. The van der Waals surface area contributed by atoms with E-state index in [0.29, 0.717) is 25.4 Å². The van der Waals surface area contributed by atoms with Gasteiger partial charge in [0.15, 0.2) is 0 Å². The quantitative estimate of drug-likeness (QED) is 0.902. The van der Waals surface area contributed by atoms with Crippen LogP contribution < -0.4 is 5.56 Å². The minimum Gasteiger partial charge on any atom is -0.335 e. The molecular weight excluding hydrogens is 316 g/mol. The van der Waals surface area contributed by atoms with Gasteiger partial charge in [0.05, 0.1) is 18.3 Å². The minimum absolute atomic E-state index is 0.000617. The van der Waals surface area contributed by atoms with Crippen molar-refractivity contribution in [3.8, 4) is 0 Å². The molecule has 2 aliphatic heterocycles. The summed E-state index contributed by atoms with van der Waals surface area (Å²) in [5.41, 5.74) is 1.59. The summed E-state index contributed by atoms with van der Waals surface area (Å²) in [7, 11) is 2.06. The molecule has 1 aliphatic carbocycles. The predicted octanol–water partition coefficient (Wildman–Crippen LogP) is 1.48. The molecule has 6 nitrogen and oxygen atoms in total. The first-order chi connectivity index (χ1) is 12.1. The van der Waals surface area contributed by atoms with Crippen LogP contribution in [0.3, 0.4) is 0 Å². The summed E-state index contributed by atoms with van der Waals surface area (Å²) in [6.45, 7) is 2.10. The summed E-state index contributed by atoms with van der Waals surface area (Å²) < 4.78 is 0. The van der Waals surface area contributed by atoms with Crippen LogP contribution in [0, 0.1) is 5.92 Å². The number of H-pyrrole nitrogens is 1. The van der Waals surface area contributed by atoms with Gasteiger partial charge in [-0.3, -0.25) is 14.5 Å². The number of hydrogen-bond donors (Lipinski definition) is 1. The van der Waals surface area contributed by atoms with Gasteiger partial charge >= 0.3 is 0 Å². The highest BCUT2D eigenvalue weighted by molar-refractivity contribution is 5.82. The summed E-state index contributed by atoms with van der Waals surface area (Å²) in [6.07, 6.45) is 8.39. The van der Waals surface area contributed by atoms with E-state index in [-0.39, 0.29) is 17.5 Å². The molecule has 25 heavy (non-hydrogen) atoms. The Kier molecular flexibility index (Phi) is 4.63. The van der Waals surface area contributed by atoms with Crippen LogP contribution in [0.15, 0.2) is 4.79 Å². The van der Waals surface area contributed by atoms with Crippen LogP contribution in [-0.4, -0.2) is 51.9 Å². The van der Waals surface area contributed by atoms with Crippen LogP contribution in [0.5, 0.6) is 0 Å². The topological polar surface area (TPSA) is 69.3 Å². The molecule has 1 N–H and O–H groups in total. The monoisotopic (exact) mass is 344 g/mol.